The highest BCUT2D eigenvalue weighted by molar-refractivity contribution is 5.87. The van der Waals surface area contributed by atoms with Crippen LogP contribution in [-0.4, -0.2) is 39.2 Å². The number of aryl methyl sites for hydroxylation is 2. The van der Waals surface area contributed by atoms with Gasteiger partial charge in [-0.3, -0.25) is 9.69 Å². The number of nitrogens with zero attached hydrogens (tertiary/aromatic N) is 3. The molecule has 1 atom stereocenters. The van der Waals surface area contributed by atoms with E-state index in [4.69, 9.17) is 0 Å². The zero-order valence-corrected chi connectivity index (χ0v) is 15.1. The van der Waals surface area contributed by atoms with Crippen molar-refractivity contribution in [3.63, 3.8) is 0 Å². The average Bonchev–Trinajstić information content (AvgIpc) is 3.15. The van der Waals surface area contributed by atoms with Gasteiger partial charge in [0.2, 0.25) is 5.91 Å². The summed E-state index contributed by atoms with van der Waals surface area (Å²) in [6, 6.07) is 10.5. The number of nitrogens with one attached hydrogen (secondary N) is 1. The number of benzene rings is 1. The van der Waals surface area contributed by atoms with Crippen molar-refractivity contribution in [1.29, 1.82) is 0 Å². The Kier molecular flexibility index (Phi) is 4.12. The fourth-order valence-corrected chi connectivity index (χ4v) is 4.50. The first-order valence-corrected chi connectivity index (χ1v) is 9.25. The lowest BCUT2D eigenvalue weighted by molar-refractivity contribution is -0.134. The topological polar surface area (TPSA) is 50.2 Å². The number of aromatic nitrogens is 2. The second-order valence-corrected chi connectivity index (χ2v) is 7.38. The Morgan fingerprint density at radius 1 is 1.20 bits per heavy atom. The van der Waals surface area contributed by atoms with Crippen LogP contribution in [0.15, 0.2) is 30.3 Å². The van der Waals surface area contributed by atoms with E-state index in [2.05, 4.69) is 52.6 Å². The molecule has 2 aliphatic rings. The second kappa shape index (κ2) is 6.30. The zero-order valence-electron chi connectivity index (χ0n) is 15.1. The number of amides is 1. The van der Waals surface area contributed by atoms with Gasteiger partial charge in [-0.1, -0.05) is 18.2 Å². The molecule has 1 aromatic carbocycles. The van der Waals surface area contributed by atoms with E-state index in [0.717, 1.165) is 62.4 Å². The number of carbonyl (C=O) groups is 1. The Morgan fingerprint density at radius 2 is 2.00 bits per heavy atom. The second-order valence-electron chi connectivity index (χ2n) is 7.38. The number of hydrogen-bond donors (Lipinski definition) is 1. The van der Waals surface area contributed by atoms with E-state index in [9.17, 15) is 4.79 Å². The molecule has 1 N–H and O–H groups in total. The third-order valence-corrected chi connectivity index (χ3v) is 5.69. The molecular formula is C20H26N4O. The highest BCUT2D eigenvalue weighted by Crippen LogP contribution is 2.37. The van der Waals surface area contributed by atoms with Crippen LogP contribution in [0, 0.1) is 13.8 Å². The minimum Gasteiger partial charge on any atom is -0.354 e. The molecule has 1 amide bonds. The van der Waals surface area contributed by atoms with Crippen molar-refractivity contribution in [2.24, 2.45) is 0 Å². The van der Waals surface area contributed by atoms with Crippen LogP contribution >= 0.6 is 0 Å². The van der Waals surface area contributed by atoms with Crippen molar-refractivity contribution in [1.82, 2.24) is 20.0 Å². The average molecular weight is 338 g/mol. The van der Waals surface area contributed by atoms with Gasteiger partial charge in [-0.2, -0.15) is 5.10 Å². The molecule has 0 aliphatic carbocycles. The monoisotopic (exact) mass is 338 g/mol. The summed E-state index contributed by atoms with van der Waals surface area (Å²) >= 11 is 0. The summed E-state index contributed by atoms with van der Waals surface area (Å²) in [5.41, 5.74) is 4.20. The number of carbonyl (C=O) groups excluding carboxylic acids is 1. The molecule has 4 rings (SSSR count). The number of para-hydroxylation sites is 1. The van der Waals surface area contributed by atoms with Gasteiger partial charge < -0.3 is 5.32 Å². The Bertz CT molecular complexity index is 797. The molecule has 0 saturated carbocycles. The summed E-state index contributed by atoms with van der Waals surface area (Å²) in [5, 5.41) is 7.74. The first kappa shape index (κ1) is 16.3. The lowest BCUT2D eigenvalue weighted by atomic mass is 9.86. The van der Waals surface area contributed by atoms with Crippen molar-refractivity contribution in [3.05, 3.63) is 47.3 Å². The summed E-state index contributed by atoms with van der Waals surface area (Å²) in [5.74, 6) is 0.222. The van der Waals surface area contributed by atoms with Gasteiger partial charge in [-0.15, -0.1) is 0 Å². The van der Waals surface area contributed by atoms with E-state index in [1.54, 1.807) is 0 Å². The standard InChI is InChI=1S/C20H26N4O/c1-15-13-16(2)24(22-15)18-8-4-3-7-17(18)14-23-12-6-10-20(23)9-5-11-21-19(20)25/h3-4,7-8,13H,5-6,9-12,14H2,1-2H3,(H,21,25). The molecule has 1 spiro atoms. The molecule has 132 valence electrons. The van der Waals surface area contributed by atoms with Gasteiger partial charge >= 0.3 is 0 Å². The quantitative estimate of drug-likeness (QED) is 0.936. The molecule has 25 heavy (non-hydrogen) atoms. The van der Waals surface area contributed by atoms with Gasteiger partial charge in [0.1, 0.15) is 5.54 Å². The van der Waals surface area contributed by atoms with E-state index in [0.29, 0.717) is 0 Å². The van der Waals surface area contributed by atoms with E-state index < -0.39 is 0 Å². The van der Waals surface area contributed by atoms with Crippen LogP contribution in [0.1, 0.15) is 42.6 Å². The number of rotatable bonds is 3. The van der Waals surface area contributed by atoms with Crippen molar-refractivity contribution in [3.8, 4) is 5.69 Å². The van der Waals surface area contributed by atoms with Crippen molar-refractivity contribution < 1.29 is 4.79 Å². The number of likely N-dealkylation sites (tertiary alicyclic amines) is 1. The molecule has 1 aromatic heterocycles. The largest absolute Gasteiger partial charge is 0.354 e. The van der Waals surface area contributed by atoms with Crippen LogP contribution in [-0.2, 0) is 11.3 Å². The maximum atomic E-state index is 12.7. The Balaban J connectivity index is 1.67. The predicted molar refractivity (Wildman–Crippen MR) is 97.7 cm³/mol. The van der Waals surface area contributed by atoms with Crippen LogP contribution in [0.5, 0.6) is 0 Å². The molecule has 1 unspecified atom stereocenters. The van der Waals surface area contributed by atoms with Crippen LogP contribution in [0.25, 0.3) is 5.69 Å². The lowest BCUT2D eigenvalue weighted by Crippen LogP contribution is -2.58. The zero-order chi connectivity index (χ0) is 17.4. The highest BCUT2D eigenvalue weighted by atomic mass is 16.2. The molecule has 2 aliphatic heterocycles. The van der Waals surface area contributed by atoms with Crippen LogP contribution in [0.4, 0.5) is 0 Å². The summed E-state index contributed by atoms with van der Waals surface area (Å²) < 4.78 is 2.02. The number of piperidine rings is 1. The van der Waals surface area contributed by atoms with Crippen molar-refractivity contribution in [2.45, 2.75) is 51.6 Å². The third-order valence-electron chi connectivity index (χ3n) is 5.69. The summed E-state index contributed by atoms with van der Waals surface area (Å²) in [6.45, 7) is 6.70. The smallest absolute Gasteiger partial charge is 0.240 e. The molecule has 2 saturated heterocycles. The molecule has 2 fully saturated rings. The minimum atomic E-state index is -0.305. The maximum Gasteiger partial charge on any atom is 0.240 e. The summed E-state index contributed by atoms with van der Waals surface area (Å²) in [6.07, 6.45) is 4.11. The molecule has 2 aromatic rings. The van der Waals surface area contributed by atoms with Gasteiger partial charge in [-0.05, 0) is 63.8 Å². The van der Waals surface area contributed by atoms with Crippen LogP contribution < -0.4 is 5.32 Å². The molecular weight excluding hydrogens is 312 g/mol. The fraction of sp³-hybridized carbons (Fsp3) is 0.500. The van der Waals surface area contributed by atoms with Gasteiger partial charge in [0, 0.05) is 18.8 Å². The first-order valence-electron chi connectivity index (χ1n) is 9.25. The van der Waals surface area contributed by atoms with Crippen LogP contribution in [0.2, 0.25) is 0 Å². The van der Waals surface area contributed by atoms with E-state index in [-0.39, 0.29) is 11.4 Å². The maximum absolute atomic E-state index is 12.7. The number of hydrogen-bond acceptors (Lipinski definition) is 3. The van der Waals surface area contributed by atoms with Crippen LogP contribution in [0.3, 0.4) is 0 Å². The minimum absolute atomic E-state index is 0.222. The van der Waals surface area contributed by atoms with Gasteiger partial charge in [0.05, 0.1) is 11.4 Å². The normalized spacial score (nSPS) is 24.0. The molecule has 5 nitrogen and oxygen atoms in total. The Morgan fingerprint density at radius 3 is 2.76 bits per heavy atom. The Labute approximate surface area is 149 Å². The van der Waals surface area contributed by atoms with E-state index >= 15 is 0 Å². The fourth-order valence-electron chi connectivity index (χ4n) is 4.50. The van der Waals surface area contributed by atoms with Gasteiger partial charge in [0.25, 0.3) is 0 Å². The van der Waals surface area contributed by atoms with E-state index in [1.165, 1.54) is 5.56 Å². The van der Waals surface area contributed by atoms with Gasteiger partial charge in [0.15, 0.2) is 0 Å². The lowest BCUT2D eigenvalue weighted by Gasteiger charge is -2.40. The highest BCUT2D eigenvalue weighted by Gasteiger charge is 2.48. The van der Waals surface area contributed by atoms with Crippen molar-refractivity contribution >= 4 is 5.91 Å². The first-order chi connectivity index (χ1) is 12.1. The molecule has 5 heteroatoms. The SMILES string of the molecule is Cc1cc(C)n(-c2ccccc2CN2CCCC23CCCNC3=O)n1. The predicted octanol–water partition coefficient (Wildman–Crippen LogP) is 2.73. The summed E-state index contributed by atoms with van der Waals surface area (Å²) in [4.78, 5) is 15.1. The van der Waals surface area contributed by atoms with Crippen molar-refractivity contribution in [2.75, 3.05) is 13.1 Å². The van der Waals surface area contributed by atoms with Gasteiger partial charge in [-0.25, -0.2) is 4.68 Å². The third kappa shape index (κ3) is 2.76. The molecule has 0 radical (unpaired) electrons. The molecule has 0 bridgehead atoms. The van der Waals surface area contributed by atoms with E-state index in [1.807, 2.05) is 11.6 Å². The Hall–Kier alpha value is -2.14. The molecule has 3 heterocycles. The summed E-state index contributed by atoms with van der Waals surface area (Å²) in [7, 11) is 0.